The third-order valence-electron chi connectivity index (χ3n) is 7.64. The molecule has 1 aliphatic heterocycles. The smallest absolute Gasteiger partial charge is 0.215 e. The van der Waals surface area contributed by atoms with Crippen molar-refractivity contribution in [3.05, 3.63) is 91.0 Å². The van der Waals surface area contributed by atoms with Crippen molar-refractivity contribution in [2.75, 3.05) is 11.4 Å². The van der Waals surface area contributed by atoms with E-state index in [0.29, 0.717) is 0 Å². The molecule has 7 rings (SSSR count). The lowest BCUT2D eigenvalue weighted by Gasteiger charge is -2.34. The summed E-state index contributed by atoms with van der Waals surface area (Å²) in [7, 11) is 0. The maximum absolute atomic E-state index is 2.56. The maximum atomic E-state index is 2.56. The van der Waals surface area contributed by atoms with Crippen molar-refractivity contribution in [1.29, 1.82) is 0 Å². The van der Waals surface area contributed by atoms with Gasteiger partial charge in [0.2, 0.25) is 11.0 Å². The highest BCUT2D eigenvalue weighted by molar-refractivity contribution is 6.27. The Kier molecular flexibility index (Phi) is 4.57. The Labute approximate surface area is 206 Å². The lowest BCUT2D eigenvalue weighted by atomic mass is 9.85. The topological polar surface area (TPSA) is 7.12 Å². The zero-order chi connectivity index (χ0) is 23.5. The predicted molar refractivity (Wildman–Crippen MR) is 150 cm³/mol. The fourth-order valence-corrected chi connectivity index (χ4v) is 6.29. The van der Waals surface area contributed by atoms with Crippen molar-refractivity contribution < 1.29 is 4.57 Å². The largest absolute Gasteiger partial charge is 0.340 e. The molecule has 2 heteroatoms. The van der Waals surface area contributed by atoms with Gasteiger partial charge < -0.3 is 4.90 Å². The normalized spacial score (nSPS) is 12.7. The maximum Gasteiger partial charge on any atom is 0.215 e. The van der Waals surface area contributed by atoms with Crippen molar-refractivity contribution >= 4 is 54.7 Å². The zero-order valence-corrected chi connectivity index (χ0v) is 20.4. The van der Waals surface area contributed by atoms with Gasteiger partial charge in [0.05, 0.1) is 16.5 Å². The number of benzene rings is 5. The third kappa shape index (κ3) is 2.80. The number of rotatable bonds is 4. The van der Waals surface area contributed by atoms with Crippen LogP contribution in [0.4, 0.5) is 11.4 Å². The molecule has 2 nitrogen and oxygen atoms in total. The van der Waals surface area contributed by atoms with Gasteiger partial charge in [-0.25, -0.2) is 0 Å². The highest BCUT2D eigenvalue weighted by Gasteiger charge is 2.32. The minimum absolute atomic E-state index is 1.01. The van der Waals surface area contributed by atoms with Crippen LogP contribution in [-0.2, 0) is 6.54 Å². The van der Waals surface area contributed by atoms with Crippen LogP contribution in [0.5, 0.6) is 0 Å². The summed E-state index contributed by atoms with van der Waals surface area (Å²) in [6.45, 7) is 6.57. The van der Waals surface area contributed by atoms with Crippen LogP contribution in [0.25, 0.3) is 54.5 Å². The average Bonchev–Trinajstić information content (AvgIpc) is 2.91. The summed E-state index contributed by atoms with van der Waals surface area (Å²) < 4.78 is 2.56. The molecule has 35 heavy (non-hydrogen) atoms. The van der Waals surface area contributed by atoms with Gasteiger partial charge in [-0.15, -0.1) is 0 Å². The van der Waals surface area contributed by atoms with Gasteiger partial charge in [0.1, 0.15) is 6.54 Å². The molecule has 0 amide bonds. The Bertz CT molecular complexity index is 1780. The highest BCUT2D eigenvalue weighted by atomic mass is 15.1. The summed E-state index contributed by atoms with van der Waals surface area (Å²) in [6, 6.07) is 34.0. The molecule has 0 atom stereocenters. The first-order valence-electron chi connectivity index (χ1n) is 12.9. The summed E-state index contributed by atoms with van der Waals surface area (Å²) >= 11 is 0. The zero-order valence-electron chi connectivity index (χ0n) is 20.4. The summed E-state index contributed by atoms with van der Waals surface area (Å²) in [5.74, 6) is 0. The molecule has 2 heterocycles. The molecule has 0 aliphatic carbocycles. The molecule has 0 N–H and O–H groups in total. The van der Waals surface area contributed by atoms with Crippen LogP contribution in [0, 0.1) is 0 Å². The van der Waals surface area contributed by atoms with Crippen LogP contribution in [-0.4, -0.2) is 6.54 Å². The number of pyridine rings is 1. The van der Waals surface area contributed by atoms with Crippen molar-refractivity contribution in [3.8, 4) is 11.1 Å². The summed E-state index contributed by atoms with van der Waals surface area (Å²) in [5.41, 5.74) is 8.10. The summed E-state index contributed by atoms with van der Waals surface area (Å²) in [6.07, 6.45) is 2.20. The van der Waals surface area contributed by atoms with Gasteiger partial charge in [0.15, 0.2) is 0 Å². The number of anilines is 2. The van der Waals surface area contributed by atoms with E-state index in [9.17, 15) is 0 Å². The summed E-state index contributed by atoms with van der Waals surface area (Å²) in [4.78, 5) is 2.56. The van der Waals surface area contributed by atoms with E-state index in [-0.39, 0.29) is 0 Å². The SMILES string of the molecule is CCCN1c2ccc3ccccc3c2-c2c3c1cccc3[n+](CCC)c1ccc3ccccc3c21. The Balaban J connectivity index is 1.82. The van der Waals surface area contributed by atoms with E-state index in [4.69, 9.17) is 0 Å². The molecular weight excluding hydrogens is 424 g/mol. The van der Waals surface area contributed by atoms with E-state index in [0.717, 1.165) is 25.9 Å². The minimum atomic E-state index is 1.01. The molecule has 170 valence electrons. The van der Waals surface area contributed by atoms with Crippen LogP contribution in [0.3, 0.4) is 0 Å². The fraction of sp³-hybridized carbons (Fsp3) is 0.182. The van der Waals surface area contributed by atoms with Gasteiger partial charge in [0.25, 0.3) is 0 Å². The second-order valence-corrected chi connectivity index (χ2v) is 9.71. The van der Waals surface area contributed by atoms with Crippen LogP contribution in [0.2, 0.25) is 0 Å². The van der Waals surface area contributed by atoms with E-state index in [1.165, 1.54) is 65.9 Å². The van der Waals surface area contributed by atoms with Crippen molar-refractivity contribution in [2.24, 2.45) is 0 Å². The van der Waals surface area contributed by atoms with E-state index in [2.05, 4.69) is 114 Å². The lowest BCUT2D eigenvalue weighted by molar-refractivity contribution is -0.645. The number of hydrogen-bond donors (Lipinski definition) is 0. The first kappa shape index (κ1) is 20.5. The third-order valence-corrected chi connectivity index (χ3v) is 7.64. The molecule has 0 saturated carbocycles. The van der Waals surface area contributed by atoms with Gasteiger partial charge in [0, 0.05) is 41.9 Å². The molecule has 5 aromatic carbocycles. The lowest BCUT2D eigenvalue weighted by Crippen LogP contribution is -2.36. The molecule has 0 spiro atoms. The molecule has 1 aliphatic rings. The van der Waals surface area contributed by atoms with Crippen LogP contribution in [0.1, 0.15) is 26.7 Å². The predicted octanol–water partition coefficient (Wildman–Crippen LogP) is 8.53. The van der Waals surface area contributed by atoms with E-state index in [1.54, 1.807) is 0 Å². The molecule has 6 aromatic rings. The van der Waals surface area contributed by atoms with Gasteiger partial charge in [-0.1, -0.05) is 74.5 Å². The standard InChI is InChI=1S/C33H29N2/c1-3-20-34-26-14-9-15-27-32(26)33(30-24-12-7-5-10-22(24)16-18-28(30)34)31-25-13-8-6-11-23(25)17-19-29(31)35(27)21-4-2/h5-19H,3-4,20-21H2,1-2H3/q+1. The molecule has 0 radical (unpaired) electrons. The summed E-state index contributed by atoms with van der Waals surface area (Å²) in [5, 5.41) is 8.05. The Morgan fingerprint density at radius 2 is 1.29 bits per heavy atom. The molecular formula is C33H29N2+. The van der Waals surface area contributed by atoms with Crippen LogP contribution < -0.4 is 9.47 Å². The molecule has 1 aromatic heterocycles. The first-order chi connectivity index (χ1) is 17.3. The van der Waals surface area contributed by atoms with E-state index in [1.807, 2.05) is 0 Å². The molecule has 0 bridgehead atoms. The van der Waals surface area contributed by atoms with Crippen molar-refractivity contribution in [2.45, 2.75) is 33.2 Å². The molecule has 0 saturated heterocycles. The Hall–Kier alpha value is -3.91. The Morgan fingerprint density at radius 3 is 2.09 bits per heavy atom. The van der Waals surface area contributed by atoms with Crippen LogP contribution in [0.15, 0.2) is 91.0 Å². The van der Waals surface area contributed by atoms with E-state index >= 15 is 0 Å². The number of fused-ring (bicyclic) bond motifs is 8. The van der Waals surface area contributed by atoms with Crippen molar-refractivity contribution in [1.82, 2.24) is 0 Å². The number of hydrogen-bond acceptors (Lipinski definition) is 1. The van der Waals surface area contributed by atoms with E-state index < -0.39 is 0 Å². The van der Waals surface area contributed by atoms with Gasteiger partial charge in [-0.05, 0) is 46.2 Å². The van der Waals surface area contributed by atoms with Gasteiger partial charge >= 0.3 is 0 Å². The first-order valence-corrected chi connectivity index (χ1v) is 12.9. The molecule has 0 fully saturated rings. The van der Waals surface area contributed by atoms with Crippen LogP contribution >= 0.6 is 0 Å². The second-order valence-electron chi connectivity index (χ2n) is 9.71. The monoisotopic (exact) mass is 453 g/mol. The Morgan fingerprint density at radius 1 is 0.571 bits per heavy atom. The highest BCUT2D eigenvalue weighted by Crippen LogP contribution is 2.52. The minimum Gasteiger partial charge on any atom is -0.340 e. The number of aromatic nitrogens is 1. The fourth-order valence-electron chi connectivity index (χ4n) is 6.29. The van der Waals surface area contributed by atoms with Gasteiger partial charge in [-0.2, -0.15) is 4.57 Å². The number of aryl methyl sites for hydroxylation is 1. The van der Waals surface area contributed by atoms with Gasteiger partial charge in [-0.3, -0.25) is 0 Å². The number of nitrogens with zero attached hydrogens (tertiary/aromatic N) is 2. The van der Waals surface area contributed by atoms with Crippen molar-refractivity contribution in [3.63, 3.8) is 0 Å². The molecule has 0 unspecified atom stereocenters. The quantitative estimate of drug-likeness (QED) is 0.147. The average molecular weight is 454 g/mol. The second kappa shape index (κ2) is 7.81.